The summed E-state index contributed by atoms with van der Waals surface area (Å²) in [5.74, 6) is 1.89. The van der Waals surface area contributed by atoms with Gasteiger partial charge in [0, 0.05) is 23.8 Å². The molecule has 1 aliphatic heterocycles. The normalized spacial score (nSPS) is 21.3. The van der Waals surface area contributed by atoms with Gasteiger partial charge in [0.2, 0.25) is 0 Å². The zero-order valence-corrected chi connectivity index (χ0v) is 15.1. The number of anilines is 1. The highest BCUT2D eigenvalue weighted by atomic mass is 79.9. The van der Waals surface area contributed by atoms with Crippen LogP contribution in [0.4, 0.5) is 5.82 Å². The van der Waals surface area contributed by atoms with E-state index in [0.717, 1.165) is 33.8 Å². The van der Waals surface area contributed by atoms with E-state index in [1.165, 1.54) is 19.3 Å². The number of rotatable bonds is 1. The molecule has 19 heavy (non-hydrogen) atoms. The molecule has 0 radical (unpaired) electrons. The summed E-state index contributed by atoms with van der Waals surface area (Å²) >= 11 is 7.09. The molecule has 1 aromatic rings. The van der Waals surface area contributed by atoms with Gasteiger partial charge in [0.15, 0.2) is 0 Å². The van der Waals surface area contributed by atoms with Gasteiger partial charge in [-0.3, -0.25) is 0 Å². The van der Waals surface area contributed by atoms with Crippen LogP contribution >= 0.6 is 31.9 Å². The van der Waals surface area contributed by atoms with Crippen LogP contribution in [0.2, 0.25) is 0 Å². The first kappa shape index (κ1) is 15.3. The first-order valence-electron chi connectivity index (χ1n) is 6.94. The van der Waals surface area contributed by atoms with Crippen molar-refractivity contribution in [1.29, 1.82) is 0 Å². The second kappa shape index (κ2) is 6.13. The fourth-order valence-electron chi connectivity index (χ4n) is 2.81. The number of halogens is 2. The Morgan fingerprint density at radius 2 is 1.95 bits per heavy atom. The molecular weight excluding hydrogens is 368 g/mol. The molecule has 106 valence electrons. The van der Waals surface area contributed by atoms with Crippen LogP contribution < -0.4 is 4.90 Å². The summed E-state index contributed by atoms with van der Waals surface area (Å²) in [5, 5.41) is 0. The Kier molecular flexibility index (Phi) is 4.93. The number of hydrogen-bond donors (Lipinski definition) is 0. The molecule has 1 aromatic heterocycles. The van der Waals surface area contributed by atoms with Gasteiger partial charge >= 0.3 is 0 Å². The van der Waals surface area contributed by atoms with Crippen LogP contribution in [0.1, 0.15) is 40.0 Å². The highest BCUT2D eigenvalue weighted by Crippen LogP contribution is 2.36. The van der Waals surface area contributed by atoms with Crippen molar-refractivity contribution in [2.75, 3.05) is 18.0 Å². The van der Waals surface area contributed by atoms with Crippen molar-refractivity contribution in [3.8, 4) is 0 Å². The highest BCUT2D eigenvalue weighted by Gasteiger charge is 2.27. The van der Waals surface area contributed by atoms with Crippen molar-refractivity contribution >= 4 is 37.7 Å². The highest BCUT2D eigenvalue weighted by molar-refractivity contribution is 9.11. The van der Waals surface area contributed by atoms with E-state index in [2.05, 4.69) is 68.6 Å². The van der Waals surface area contributed by atoms with Crippen molar-refractivity contribution in [2.24, 2.45) is 11.3 Å². The number of aromatic nitrogens is 1. The molecule has 0 saturated carbocycles. The fraction of sp³-hybridized carbons (Fsp3) is 0.667. The van der Waals surface area contributed by atoms with Gasteiger partial charge < -0.3 is 4.90 Å². The molecule has 1 saturated heterocycles. The molecule has 1 atom stereocenters. The van der Waals surface area contributed by atoms with Crippen LogP contribution in [0.5, 0.6) is 0 Å². The summed E-state index contributed by atoms with van der Waals surface area (Å²) in [5.41, 5.74) is 0.417. The van der Waals surface area contributed by atoms with Crippen molar-refractivity contribution in [3.63, 3.8) is 0 Å². The topological polar surface area (TPSA) is 16.1 Å². The number of hydrogen-bond acceptors (Lipinski definition) is 2. The monoisotopic (exact) mass is 388 g/mol. The third-order valence-corrected chi connectivity index (χ3v) is 5.06. The Balaban J connectivity index is 2.11. The van der Waals surface area contributed by atoms with Gasteiger partial charge in [0.1, 0.15) is 5.82 Å². The summed E-state index contributed by atoms with van der Waals surface area (Å²) in [4.78, 5) is 6.98. The van der Waals surface area contributed by atoms with E-state index in [-0.39, 0.29) is 0 Å². The lowest BCUT2D eigenvalue weighted by Gasteiger charge is -2.30. The zero-order chi connectivity index (χ0) is 14.0. The average molecular weight is 390 g/mol. The zero-order valence-electron chi connectivity index (χ0n) is 11.9. The van der Waals surface area contributed by atoms with Crippen molar-refractivity contribution in [3.05, 3.63) is 21.2 Å². The average Bonchev–Trinajstić information content (AvgIpc) is 2.54. The maximum atomic E-state index is 4.56. The Morgan fingerprint density at radius 3 is 2.58 bits per heavy atom. The second-order valence-corrected chi connectivity index (χ2v) is 8.21. The molecule has 2 heterocycles. The molecule has 0 amide bonds. The third kappa shape index (κ3) is 3.94. The Bertz CT molecular complexity index is 440. The molecule has 2 nitrogen and oxygen atoms in total. The van der Waals surface area contributed by atoms with Crippen LogP contribution in [0, 0.1) is 11.3 Å². The van der Waals surface area contributed by atoms with E-state index in [4.69, 9.17) is 0 Å². The van der Waals surface area contributed by atoms with Gasteiger partial charge in [-0.15, -0.1) is 0 Å². The Morgan fingerprint density at radius 1 is 1.21 bits per heavy atom. The lowest BCUT2D eigenvalue weighted by atomic mass is 9.77. The lowest BCUT2D eigenvalue weighted by molar-refractivity contribution is 0.220. The molecule has 4 heteroatoms. The summed E-state index contributed by atoms with van der Waals surface area (Å²) in [7, 11) is 0. The second-order valence-electron chi connectivity index (χ2n) is 6.44. The van der Waals surface area contributed by atoms with Crippen molar-refractivity contribution < 1.29 is 0 Å². The van der Waals surface area contributed by atoms with Crippen LogP contribution in [0.25, 0.3) is 0 Å². The van der Waals surface area contributed by atoms with Gasteiger partial charge in [-0.05, 0) is 68.5 Å². The summed E-state index contributed by atoms with van der Waals surface area (Å²) in [6.07, 6.45) is 5.72. The fourth-order valence-corrected chi connectivity index (χ4v) is 4.05. The predicted octanol–water partition coefficient (Wildman–Crippen LogP) is 5.26. The smallest absolute Gasteiger partial charge is 0.142 e. The Labute approximate surface area is 133 Å². The van der Waals surface area contributed by atoms with Crippen LogP contribution in [0.15, 0.2) is 21.2 Å². The van der Waals surface area contributed by atoms with E-state index in [0.29, 0.717) is 5.41 Å². The summed E-state index contributed by atoms with van der Waals surface area (Å²) < 4.78 is 2.10. The molecular formula is C15H22Br2N2. The molecule has 2 rings (SSSR count). The maximum absolute atomic E-state index is 4.56. The predicted molar refractivity (Wildman–Crippen MR) is 88.6 cm³/mol. The maximum Gasteiger partial charge on any atom is 0.142 e. The van der Waals surface area contributed by atoms with Gasteiger partial charge in [-0.25, -0.2) is 4.98 Å². The van der Waals surface area contributed by atoms with E-state index in [1.54, 1.807) is 0 Å². The van der Waals surface area contributed by atoms with Gasteiger partial charge in [0.05, 0.1) is 4.47 Å². The summed E-state index contributed by atoms with van der Waals surface area (Å²) in [6, 6.07) is 2.08. The molecule has 0 N–H and O–H groups in total. The van der Waals surface area contributed by atoms with Crippen LogP contribution in [-0.2, 0) is 0 Å². The lowest BCUT2D eigenvalue weighted by Crippen LogP contribution is -2.27. The molecule has 0 aliphatic carbocycles. The first-order valence-corrected chi connectivity index (χ1v) is 8.52. The van der Waals surface area contributed by atoms with Crippen LogP contribution in [0.3, 0.4) is 0 Å². The van der Waals surface area contributed by atoms with Crippen molar-refractivity contribution in [1.82, 2.24) is 4.98 Å². The third-order valence-electron chi connectivity index (χ3n) is 4.04. The largest absolute Gasteiger partial charge is 0.356 e. The van der Waals surface area contributed by atoms with Gasteiger partial charge in [-0.1, -0.05) is 20.8 Å². The van der Waals surface area contributed by atoms with Gasteiger partial charge in [0.25, 0.3) is 0 Å². The minimum absolute atomic E-state index is 0.417. The van der Waals surface area contributed by atoms with Crippen LogP contribution in [-0.4, -0.2) is 18.1 Å². The molecule has 1 fully saturated rings. The van der Waals surface area contributed by atoms with E-state index >= 15 is 0 Å². The SMILES string of the molecule is CC(C)(C)C1CCCN(c2ncc(Br)cc2Br)CC1. The molecule has 1 unspecified atom stereocenters. The molecule has 0 spiro atoms. The minimum atomic E-state index is 0.417. The van der Waals surface area contributed by atoms with Crippen molar-refractivity contribution in [2.45, 2.75) is 40.0 Å². The Hall–Kier alpha value is -0.0900. The quantitative estimate of drug-likeness (QED) is 0.651. The first-order chi connectivity index (χ1) is 8.88. The molecule has 0 bridgehead atoms. The number of pyridine rings is 1. The van der Waals surface area contributed by atoms with E-state index in [9.17, 15) is 0 Å². The minimum Gasteiger partial charge on any atom is -0.356 e. The van der Waals surface area contributed by atoms with E-state index in [1.807, 2.05) is 6.20 Å². The standard InChI is InChI=1S/C15H22Br2N2/c1-15(2,3)11-5-4-7-19(8-6-11)14-13(17)9-12(16)10-18-14/h9-11H,4-8H2,1-3H3. The van der Waals surface area contributed by atoms with E-state index < -0.39 is 0 Å². The molecule has 0 aromatic carbocycles. The molecule has 1 aliphatic rings. The summed E-state index contributed by atoms with van der Waals surface area (Å²) in [6.45, 7) is 9.30. The van der Waals surface area contributed by atoms with Gasteiger partial charge in [-0.2, -0.15) is 0 Å². The number of nitrogens with zero attached hydrogens (tertiary/aromatic N) is 2.